The molecule has 4 rings (SSSR count). The number of rotatable bonds is 4. The molecule has 0 saturated heterocycles. The van der Waals surface area contributed by atoms with Crippen molar-refractivity contribution >= 4 is 11.0 Å². The van der Waals surface area contributed by atoms with Gasteiger partial charge in [-0.15, -0.1) is 0 Å². The van der Waals surface area contributed by atoms with Crippen molar-refractivity contribution in [3.05, 3.63) is 73.2 Å². The molecule has 2 aromatic heterocycles. The summed E-state index contributed by atoms with van der Waals surface area (Å²) >= 11 is 0. The minimum absolute atomic E-state index is 0.00161. The Bertz CT molecular complexity index is 1170. The summed E-state index contributed by atoms with van der Waals surface area (Å²) in [5.41, 5.74) is 3.84. The number of nitrogens with one attached hydrogen (secondary N) is 1. The van der Waals surface area contributed by atoms with E-state index in [0.717, 1.165) is 23.6 Å². The van der Waals surface area contributed by atoms with Crippen LogP contribution >= 0.6 is 0 Å². The van der Waals surface area contributed by atoms with E-state index in [2.05, 4.69) is 28.7 Å². The highest BCUT2D eigenvalue weighted by atomic mass is 16.3. The van der Waals surface area contributed by atoms with Crippen molar-refractivity contribution in [3.8, 4) is 0 Å². The van der Waals surface area contributed by atoms with E-state index >= 15 is 0 Å². The zero-order valence-electron chi connectivity index (χ0n) is 17.4. The molecule has 152 valence electrons. The molecule has 0 saturated carbocycles. The molecular formula is C23H27N3O3. The van der Waals surface area contributed by atoms with Crippen LogP contribution in [0.1, 0.15) is 67.7 Å². The standard InChI is InChI=1S/C23H27N3O3/c1-13(2)15-5-6-20-17(9-15)21(27)16(12-29-20)10-26-8-7-19-18(11-26)23(28)25-22(24-19)14(3)4/h5-6,9,12-14H,7-8,10-11H2,1-4H3,(H,24,25,28). The summed E-state index contributed by atoms with van der Waals surface area (Å²) in [6, 6.07) is 5.80. The quantitative estimate of drug-likeness (QED) is 0.731. The molecular weight excluding hydrogens is 366 g/mol. The molecule has 6 heteroatoms. The number of aromatic nitrogens is 2. The average molecular weight is 393 g/mol. The second-order valence-corrected chi connectivity index (χ2v) is 8.49. The lowest BCUT2D eigenvalue weighted by molar-refractivity contribution is 0.239. The molecule has 0 unspecified atom stereocenters. The van der Waals surface area contributed by atoms with Crippen molar-refractivity contribution < 1.29 is 4.42 Å². The van der Waals surface area contributed by atoms with Crippen LogP contribution < -0.4 is 11.0 Å². The summed E-state index contributed by atoms with van der Waals surface area (Å²) in [6.07, 6.45) is 2.26. The summed E-state index contributed by atoms with van der Waals surface area (Å²) in [4.78, 5) is 35.2. The molecule has 1 aliphatic heterocycles. The molecule has 0 atom stereocenters. The van der Waals surface area contributed by atoms with Crippen LogP contribution in [0, 0.1) is 0 Å². The average Bonchev–Trinajstić information content (AvgIpc) is 2.70. The van der Waals surface area contributed by atoms with E-state index in [-0.39, 0.29) is 16.9 Å². The number of hydrogen-bond acceptors (Lipinski definition) is 5. The molecule has 0 radical (unpaired) electrons. The van der Waals surface area contributed by atoms with Gasteiger partial charge in [0.15, 0.2) is 5.43 Å². The van der Waals surface area contributed by atoms with E-state index in [1.165, 1.54) is 0 Å². The largest absolute Gasteiger partial charge is 0.464 e. The third kappa shape index (κ3) is 3.77. The van der Waals surface area contributed by atoms with Crippen LogP contribution in [0.15, 0.2) is 38.5 Å². The normalized spacial score (nSPS) is 14.7. The third-order valence-electron chi connectivity index (χ3n) is 5.64. The fourth-order valence-electron chi connectivity index (χ4n) is 3.81. The molecule has 1 aliphatic rings. The minimum atomic E-state index is -0.0736. The van der Waals surface area contributed by atoms with Crippen LogP contribution in [0.2, 0.25) is 0 Å². The maximum Gasteiger partial charge on any atom is 0.255 e. The van der Waals surface area contributed by atoms with Crippen LogP contribution in [0.4, 0.5) is 0 Å². The Hall–Kier alpha value is -2.73. The zero-order chi connectivity index (χ0) is 20.7. The fourth-order valence-corrected chi connectivity index (χ4v) is 3.81. The number of nitrogens with zero attached hydrogens (tertiary/aromatic N) is 2. The first kappa shape index (κ1) is 19.6. The maximum atomic E-state index is 13.0. The van der Waals surface area contributed by atoms with Gasteiger partial charge in [-0.1, -0.05) is 33.8 Å². The van der Waals surface area contributed by atoms with Gasteiger partial charge in [-0.2, -0.15) is 0 Å². The smallest absolute Gasteiger partial charge is 0.255 e. The molecule has 0 amide bonds. The van der Waals surface area contributed by atoms with Gasteiger partial charge in [-0.3, -0.25) is 14.5 Å². The van der Waals surface area contributed by atoms with Gasteiger partial charge >= 0.3 is 0 Å². The lowest BCUT2D eigenvalue weighted by Crippen LogP contribution is -2.36. The number of aromatic amines is 1. The second kappa shape index (κ2) is 7.59. The molecule has 1 N–H and O–H groups in total. The number of fused-ring (bicyclic) bond motifs is 2. The van der Waals surface area contributed by atoms with Gasteiger partial charge in [0.2, 0.25) is 0 Å². The molecule has 0 bridgehead atoms. The number of H-pyrrole nitrogens is 1. The van der Waals surface area contributed by atoms with Gasteiger partial charge in [0.05, 0.1) is 22.9 Å². The first-order chi connectivity index (χ1) is 13.8. The summed E-state index contributed by atoms with van der Waals surface area (Å²) < 4.78 is 5.73. The Kier molecular flexibility index (Phi) is 5.13. The summed E-state index contributed by atoms with van der Waals surface area (Å²) in [6.45, 7) is 9.94. The van der Waals surface area contributed by atoms with Crippen molar-refractivity contribution in [1.29, 1.82) is 0 Å². The zero-order valence-corrected chi connectivity index (χ0v) is 17.4. The summed E-state index contributed by atoms with van der Waals surface area (Å²) in [5.74, 6) is 1.26. The highest BCUT2D eigenvalue weighted by Crippen LogP contribution is 2.21. The summed E-state index contributed by atoms with van der Waals surface area (Å²) in [5, 5.41) is 0.618. The molecule has 3 aromatic rings. The van der Waals surface area contributed by atoms with Gasteiger partial charge in [-0.05, 0) is 23.6 Å². The van der Waals surface area contributed by atoms with Crippen LogP contribution in [-0.4, -0.2) is 21.4 Å². The van der Waals surface area contributed by atoms with Crippen molar-refractivity contribution in [3.63, 3.8) is 0 Å². The predicted molar refractivity (Wildman–Crippen MR) is 113 cm³/mol. The second-order valence-electron chi connectivity index (χ2n) is 8.49. The number of hydrogen-bond donors (Lipinski definition) is 1. The van der Waals surface area contributed by atoms with Gasteiger partial charge in [-0.25, -0.2) is 4.98 Å². The van der Waals surface area contributed by atoms with Crippen molar-refractivity contribution in [2.45, 2.75) is 59.0 Å². The molecule has 3 heterocycles. The molecule has 0 fully saturated rings. The van der Waals surface area contributed by atoms with Gasteiger partial charge in [0, 0.05) is 37.5 Å². The summed E-state index contributed by atoms with van der Waals surface area (Å²) in [7, 11) is 0. The molecule has 29 heavy (non-hydrogen) atoms. The fraction of sp³-hybridized carbons (Fsp3) is 0.435. The highest BCUT2D eigenvalue weighted by molar-refractivity contribution is 5.77. The van der Waals surface area contributed by atoms with E-state index in [9.17, 15) is 9.59 Å². The topological polar surface area (TPSA) is 79.2 Å². The van der Waals surface area contributed by atoms with Crippen molar-refractivity contribution in [1.82, 2.24) is 14.9 Å². The first-order valence-corrected chi connectivity index (χ1v) is 10.2. The SMILES string of the molecule is CC(C)c1ccc2occ(CN3CCc4nc(C(C)C)[nH]c(=O)c4C3)c(=O)c2c1. The monoisotopic (exact) mass is 393 g/mol. The lowest BCUT2D eigenvalue weighted by Gasteiger charge is -2.27. The van der Waals surface area contributed by atoms with E-state index in [4.69, 9.17) is 4.42 Å². The van der Waals surface area contributed by atoms with Gasteiger partial charge in [0.25, 0.3) is 5.56 Å². The predicted octanol–water partition coefficient (Wildman–Crippen LogP) is 3.68. The van der Waals surface area contributed by atoms with Gasteiger partial charge in [0.1, 0.15) is 11.4 Å². The Morgan fingerprint density at radius 3 is 2.69 bits per heavy atom. The Morgan fingerprint density at radius 1 is 1.17 bits per heavy atom. The first-order valence-electron chi connectivity index (χ1n) is 10.2. The van der Waals surface area contributed by atoms with Crippen LogP contribution in [0.3, 0.4) is 0 Å². The van der Waals surface area contributed by atoms with Crippen molar-refractivity contribution in [2.75, 3.05) is 6.54 Å². The third-order valence-corrected chi connectivity index (χ3v) is 5.64. The van der Waals surface area contributed by atoms with Crippen molar-refractivity contribution in [2.24, 2.45) is 0 Å². The highest BCUT2D eigenvalue weighted by Gasteiger charge is 2.23. The number of benzene rings is 1. The van der Waals surface area contributed by atoms with E-state index < -0.39 is 0 Å². The Morgan fingerprint density at radius 2 is 1.97 bits per heavy atom. The molecule has 6 nitrogen and oxygen atoms in total. The van der Waals surface area contributed by atoms with E-state index in [1.807, 2.05) is 32.0 Å². The minimum Gasteiger partial charge on any atom is -0.464 e. The Balaban J connectivity index is 1.62. The van der Waals surface area contributed by atoms with Crippen LogP contribution in [0.25, 0.3) is 11.0 Å². The maximum absolute atomic E-state index is 13.0. The molecule has 0 spiro atoms. The lowest BCUT2D eigenvalue weighted by atomic mass is 10.0. The van der Waals surface area contributed by atoms with E-state index in [0.29, 0.717) is 47.5 Å². The van der Waals surface area contributed by atoms with Crippen LogP contribution in [-0.2, 0) is 19.5 Å². The van der Waals surface area contributed by atoms with E-state index in [1.54, 1.807) is 6.26 Å². The van der Waals surface area contributed by atoms with Gasteiger partial charge < -0.3 is 9.40 Å². The molecule has 1 aromatic carbocycles. The van der Waals surface area contributed by atoms with Crippen LogP contribution in [0.5, 0.6) is 0 Å². The molecule has 0 aliphatic carbocycles. The Labute approximate surface area is 169 Å².